The predicted octanol–water partition coefficient (Wildman–Crippen LogP) is 1.49. The summed E-state index contributed by atoms with van der Waals surface area (Å²) in [6, 6.07) is 4.99. The first-order valence-electron chi connectivity index (χ1n) is 5.46. The summed E-state index contributed by atoms with van der Waals surface area (Å²) in [5.41, 5.74) is 1.50. The van der Waals surface area contributed by atoms with E-state index in [1.165, 1.54) is 0 Å². The summed E-state index contributed by atoms with van der Waals surface area (Å²) >= 11 is 5.87. The maximum Gasteiger partial charge on any atom is 0.323 e. The quantitative estimate of drug-likeness (QED) is 0.851. The topological polar surface area (TPSA) is 74.7 Å². The smallest absolute Gasteiger partial charge is 0.323 e. The highest BCUT2D eigenvalue weighted by Gasteiger charge is 2.33. The Morgan fingerprint density at radius 2 is 2.05 bits per heavy atom. The molecule has 0 unspecified atom stereocenters. The van der Waals surface area contributed by atoms with Gasteiger partial charge in [-0.3, -0.25) is 19.3 Å². The minimum Gasteiger partial charge on any atom is -0.480 e. The second-order valence-electron chi connectivity index (χ2n) is 4.14. The van der Waals surface area contributed by atoms with E-state index in [2.05, 4.69) is 0 Å². The van der Waals surface area contributed by atoms with Crippen molar-refractivity contribution in [3.05, 3.63) is 40.4 Å². The highest BCUT2D eigenvalue weighted by molar-refractivity contribution is 6.35. The van der Waals surface area contributed by atoms with Gasteiger partial charge in [-0.15, -0.1) is 0 Å². The van der Waals surface area contributed by atoms with E-state index in [0.717, 1.165) is 11.6 Å². The van der Waals surface area contributed by atoms with Gasteiger partial charge in [0.2, 0.25) is 0 Å². The first-order valence-corrected chi connectivity index (χ1v) is 5.84. The second-order valence-corrected chi connectivity index (χ2v) is 4.58. The number of amides is 2. The Hall–Kier alpha value is -2.14. The number of imide groups is 1. The van der Waals surface area contributed by atoms with Gasteiger partial charge in [0.1, 0.15) is 6.54 Å². The number of benzene rings is 1. The average molecular weight is 280 g/mol. The van der Waals surface area contributed by atoms with Gasteiger partial charge in [0.15, 0.2) is 0 Å². The third-order valence-electron chi connectivity index (χ3n) is 2.79. The molecule has 2 rings (SSSR count). The summed E-state index contributed by atoms with van der Waals surface area (Å²) < 4.78 is 0. The van der Waals surface area contributed by atoms with Crippen molar-refractivity contribution >= 4 is 35.0 Å². The van der Waals surface area contributed by atoms with E-state index in [-0.39, 0.29) is 5.57 Å². The molecule has 0 bridgehead atoms. The van der Waals surface area contributed by atoms with Gasteiger partial charge in [0.25, 0.3) is 11.8 Å². The van der Waals surface area contributed by atoms with Crippen LogP contribution in [0, 0.1) is 6.92 Å². The molecular formula is C13H10ClNO4. The number of carboxylic acids is 1. The number of carbonyl (C=O) groups is 3. The molecule has 1 heterocycles. The Morgan fingerprint density at radius 1 is 1.37 bits per heavy atom. The van der Waals surface area contributed by atoms with Crippen molar-refractivity contribution < 1.29 is 19.5 Å². The van der Waals surface area contributed by atoms with Crippen molar-refractivity contribution in [2.45, 2.75) is 6.92 Å². The molecule has 1 aromatic rings. The Kier molecular flexibility index (Phi) is 3.40. The van der Waals surface area contributed by atoms with Gasteiger partial charge in [-0.1, -0.05) is 17.7 Å². The largest absolute Gasteiger partial charge is 0.480 e. The van der Waals surface area contributed by atoms with Crippen molar-refractivity contribution in [3.8, 4) is 0 Å². The zero-order valence-corrected chi connectivity index (χ0v) is 10.8. The van der Waals surface area contributed by atoms with Crippen molar-refractivity contribution in [2.24, 2.45) is 0 Å². The van der Waals surface area contributed by atoms with Gasteiger partial charge in [0.05, 0.1) is 5.57 Å². The molecule has 0 radical (unpaired) electrons. The lowest BCUT2D eigenvalue weighted by Gasteiger charge is -2.12. The highest BCUT2D eigenvalue weighted by atomic mass is 35.5. The SMILES string of the molecule is Cc1ccc(Cl)cc1C1=CC(=O)N(CC(=O)O)C1=O. The van der Waals surface area contributed by atoms with Gasteiger partial charge < -0.3 is 5.11 Å². The van der Waals surface area contributed by atoms with E-state index >= 15 is 0 Å². The van der Waals surface area contributed by atoms with Crippen LogP contribution < -0.4 is 0 Å². The number of carboxylic acid groups (broad SMARTS) is 1. The van der Waals surface area contributed by atoms with Crippen LogP contribution in [0.1, 0.15) is 11.1 Å². The first kappa shape index (κ1) is 13.3. The lowest BCUT2D eigenvalue weighted by Crippen LogP contribution is -2.35. The van der Waals surface area contributed by atoms with E-state index in [4.69, 9.17) is 16.7 Å². The monoisotopic (exact) mass is 279 g/mol. The molecule has 0 saturated carbocycles. The number of aliphatic carboxylic acids is 1. The fourth-order valence-electron chi connectivity index (χ4n) is 1.87. The predicted molar refractivity (Wildman–Crippen MR) is 68.5 cm³/mol. The minimum atomic E-state index is -1.24. The number of nitrogens with zero attached hydrogens (tertiary/aromatic N) is 1. The molecule has 2 amide bonds. The maximum atomic E-state index is 12.0. The third kappa shape index (κ3) is 2.51. The Bertz CT molecular complexity index is 621. The number of hydrogen-bond acceptors (Lipinski definition) is 3. The number of rotatable bonds is 3. The summed E-state index contributed by atoms with van der Waals surface area (Å²) in [6.07, 6.45) is 1.14. The molecular weight excluding hydrogens is 270 g/mol. The Labute approximate surface area is 114 Å². The first-order chi connectivity index (χ1) is 8.90. The van der Waals surface area contributed by atoms with Crippen molar-refractivity contribution in [1.82, 2.24) is 4.90 Å². The second kappa shape index (κ2) is 4.85. The fourth-order valence-corrected chi connectivity index (χ4v) is 2.04. The van der Waals surface area contributed by atoms with Crippen LogP contribution in [-0.2, 0) is 14.4 Å². The Balaban J connectivity index is 2.39. The zero-order valence-electron chi connectivity index (χ0n) is 10.0. The van der Waals surface area contributed by atoms with Crippen LogP contribution >= 0.6 is 11.6 Å². The molecule has 5 nitrogen and oxygen atoms in total. The van der Waals surface area contributed by atoms with E-state index in [1.54, 1.807) is 25.1 Å². The molecule has 6 heteroatoms. The summed E-state index contributed by atoms with van der Waals surface area (Å²) in [5, 5.41) is 9.12. The standard InChI is InChI=1S/C13H10ClNO4/c1-7-2-3-8(14)4-9(7)10-5-11(16)15(13(10)19)6-12(17)18/h2-5H,6H2,1H3,(H,17,18). The van der Waals surface area contributed by atoms with E-state index in [0.29, 0.717) is 15.5 Å². The molecule has 0 atom stereocenters. The van der Waals surface area contributed by atoms with Gasteiger partial charge in [-0.05, 0) is 30.2 Å². The van der Waals surface area contributed by atoms with Crippen LogP contribution in [0.4, 0.5) is 0 Å². The summed E-state index contributed by atoms with van der Waals surface area (Å²) in [7, 11) is 0. The average Bonchev–Trinajstić information content (AvgIpc) is 2.60. The number of carbonyl (C=O) groups excluding carboxylic acids is 2. The van der Waals surface area contributed by atoms with Crippen molar-refractivity contribution in [3.63, 3.8) is 0 Å². The minimum absolute atomic E-state index is 0.172. The van der Waals surface area contributed by atoms with E-state index in [1.807, 2.05) is 0 Å². The van der Waals surface area contributed by atoms with Crippen LogP contribution in [0.3, 0.4) is 0 Å². The van der Waals surface area contributed by atoms with Crippen LogP contribution in [0.2, 0.25) is 5.02 Å². The Morgan fingerprint density at radius 3 is 2.68 bits per heavy atom. The van der Waals surface area contributed by atoms with Crippen molar-refractivity contribution in [2.75, 3.05) is 6.54 Å². The van der Waals surface area contributed by atoms with Crippen molar-refractivity contribution in [1.29, 1.82) is 0 Å². The van der Waals surface area contributed by atoms with Gasteiger partial charge in [-0.2, -0.15) is 0 Å². The van der Waals surface area contributed by atoms with Gasteiger partial charge in [-0.25, -0.2) is 0 Å². The van der Waals surface area contributed by atoms with E-state index in [9.17, 15) is 14.4 Å². The summed E-state index contributed by atoms with van der Waals surface area (Å²) in [5.74, 6) is -2.47. The zero-order chi connectivity index (χ0) is 14.2. The van der Waals surface area contributed by atoms with Gasteiger partial charge in [0, 0.05) is 11.1 Å². The molecule has 98 valence electrons. The van der Waals surface area contributed by atoms with Crippen LogP contribution in [-0.4, -0.2) is 34.3 Å². The fraction of sp³-hybridized carbons (Fsp3) is 0.154. The van der Waals surface area contributed by atoms with Crippen LogP contribution in [0.25, 0.3) is 5.57 Å². The maximum absolute atomic E-state index is 12.0. The molecule has 1 N–H and O–H groups in total. The molecule has 1 aromatic carbocycles. The molecule has 1 aliphatic heterocycles. The third-order valence-corrected chi connectivity index (χ3v) is 3.03. The normalized spacial score (nSPS) is 14.8. The molecule has 1 aliphatic rings. The lowest BCUT2D eigenvalue weighted by atomic mass is 10.0. The van der Waals surface area contributed by atoms with E-state index < -0.39 is 24.3 Å². The molecule has 0 fully saturated rings. The molecule has 0 aromatic heterocycles. The van der Waals surface area contributed by atoms with Crippen LogP contribution in [0.5, 0.6) is 0 Å². The summed E-state index contributed by atoms with van der Waals surface area (Å²) in [6.45, 7) is 1.14. The summed E-state index contributed by atoms with van der Waals surface area (Å²) in [4.78, 5) is 35.0. The molecule has 0 saturated heterocycles. The number of aryl methyl sites for hydroxylation is 1. The molecule has 0 aliphatic carbocycles. The molecule has 0 spiro atoms. The van der Waals surface area contributed by atoms with Crippen LogP contribution in [0.15, 0.2) is 24.3 Å². The number of halogens is 1. The lowest BCUT2D eigenvalue weighted by molar-refractivity contribution is -0.147. The van der Waals surface area contributed by atoms with Gasteiger partial charge >= 0.3 is 5.97 Å². The molecule has 19 heavy (non-hydrogen) atoms. The highest BCUT2D eigenvalue weighted by Crippen LogP contribution is 2.28. The number of hydrogen-bond donors (Lipinski definition) is 1.